The van der Waals surface area contributed by atoms with Crippen LogP contribution in [0.5, 0.6) is 11.5 Å². The van der Waals surface area contributed by atoms with Crippen LogP contribution in [0.3, 0.4) is 0 Å². The lowest BCUT2D eigenvalue weighted by molar-refractivity contribution is 0.170. The molecule has 1 fully saturated rings. The van der Waals surface area contributed by atoms with Crippen molar-refractivity contribution < 1.29 is 17.9 Å². The standard InChI is InChI=1S/C17H17NO4S/c19-23(20,14-6-7-16-17(12-14)22-11-10-21-16)18-9-8-15(18)13-4-2-1-3-5-13/h1-7,12,15H,8-11H2/t15-/m1/s1. The minimum Gasteiger partial charge on any atom is -0.486 e. The first-order chi connectivity index (χ1) is 11.2. The minimum atomic E-state index is -3.54. The number of ether oxygens (including phenoxy) is 2. The van der Waals surface area contributed by atoms with Crippen molar-refractivity contribution in [2.45, 2.75) is 17.4 Å². The third kappa shape index (κ3) is 2.48. The van der Waals surface area contributed by atoms with Gasteiger partial charge in [-0.15, -0.1) is 0 Å². The fourth-order valence-electron chi connectivity index (χ4n) is 2.98. The first-order valence-corrected chi connectivity index (χ1v) is 9.07. The molecule has 23 heavy (non-hydrogen) atoms. The van der Waals surface area contributed by atoms with Crippen LogP contribution in [0.1, 0.15) is 18.0 Å². The maximum absolute atomic E-state index is 12.9. The van der Waals surface area contributed by atoms with E-state index in [0.29, 0.717) is 31.3 Å². The molecule has 0 amide bonds. The zero-order valence-electron chi connectivity index (χ0n) is 12.5. The van der Waals surface area contributed by atoms with Gasteiger partial charge in [-0.05, 0) is 24.1 Å². The lowest BCUT2D eigenvalue weighted by Crippen LogP contribution is -2.44. The van der Waals surface area contributed by atoms with Crippen LogP contribution >= 0.6 is 0 Å². The van der Waals surface area contributed by atoms with Crippen LogP contribution in [0.2, 0.25) is 0 Å². The van der Waals surface area contributed by atoms with Crippen molar-refractivity contribution in [2.75, 3.05) is 19.8 Å². The molecule has 0 saturated carbocycles. The Morgan fingerprint density at radius 3 is 2.39 bits per heavy atom. The van der Waals surface area contributed by atoms with Gasteiger partial charge in [0.2, 0.25) is 10.0 Å². The SMILES string of the molecule is O=S(=O)(c1ccc2c(c1)OCCO2)N1CC[C@@H]1c1ccccc1. The first kappa shape index (κ1) is 14.5. The molecule has 5 nitrogen and oxygen atoms in total. The smallest absolute Gasteiger partial charge is 0.243 e. The molecule has 2 aromatic rings. The molecule has 1 atom stereocenters. The lowest BCUT2D eigenvalue weighted by atomic mass is 9.98. The third-order valence-electron chi connectivity index (χ3n) is 4.28. The summed E-state index contributed by atoms with van der Waals surface area (Å²) in [7, 11) is -3.54. The van der Waals surface area contributed by atoms with E-state index in [2.05, 4.69) is 0 Å². The van der Waals surface area contributed by atoms with Gasteiger partial charge in [-0.2, -0.15) is 4.31 Å². The van der Waals surface area contributed by atoms with Crippen molar-refractivity contribution >= 4 is 10.0 Å². The van der Waals surface area contributed by atoms with E-state index < -0.39 is 10.0 Å². The summed E-state index contributed by atoms with van der Waals surface area (Å²) in [6.45, 7) is 1.46. The summed E-state index contributed by atoms with van der Waals surface area (Å²) >= 11 is 0. The quantitative estimate of drug-likeness (QED) is 0.867. The summed E-state index contributed by atoms with van der Waals surface area (Å²) in [5, 5.41) is 0. The van der Waals surface area contributed by atoms with Gasteiger partial charge < -0.3 is 9.47 Å². The second kappa shape index (κ2) is 5.54. The number of nitrogens with zero attached hydrogens (tertiary/aromatic N) is 1. The highest BCUT2D eigenvalue weighted by atomic mass is 32.2. The lowest BCUT2D eigenvalue weighted by Gasteiger charge is -2.40. The van der Waals surface area contributed by atoms with Crippen LogP contribution in [0.15, 0.2) is 53.4 Å². The average molecular weight is 331 g/mol. The maximum atomic E-state index is 12.9. The highest BCUT2D eigenvalue weighted by molar-refractivity contribution is 7.89. The van der Waals surface area contributed by atoms with Gasteiger partial charge in [0.1, 0.15) is 13.2 Å². The number of benzene rings is 2. The number of sulfonamides is 1. The van der Waals surface area contributed by atoms with Crippen molar-refractivity contribution in [3.8, 4) is 11.5 Å². The van der Waals surface area contributed by atoms with E-state index in [1.54, 1.807) is 22.5 Å². The van der Waals surface area contributed by atoms with Crippen molar-refractivity contribution in [1.82, 2.24) is 4.31 Å². The van der Waals surface area contributed by atoms with Crippen molar-refractivity contribution in [2.24, 2.45) is 0 Å². The van der Waals surface area contributed by atoms with Crippen LogP contribution in [0.25, 0.3) is 0 Å². The van der Waals surface area contributed by atoms with Gasteiger partial charge in [-0.25, -0.2) is 8.42 Å². The Morgan fingerprint density at radius 1 is 0.957 bits per heavy atom. The molecule has 120 valence electrons. The van der Waals surface area contributed by atoms with Gasteiger partial charge in [0.25, 0.3) is 0 Å². The Labute approximate surface area is 135 Å². The molecule has 2 heterocycles. The van der Waals surface area contributed by atoms with Crippen molar-refractivity contribution in [1.29, 1.82) is 0 Å². The number of fused-ring (bicyclic) bond motifs is 1. The molecule has 0 unspecified atom stereocenters. The largest absolute Gasteiger partial charge is 0.486 e. The molecule has 0 N–H and O–H groups in total. The topological polar surface area (TPSA) is 55.8 Å². The second-order valence-corrected chi connectivity index (χ2v) is 7.53. The molecule has 0 bridgehead atoms. The van der Waals surface area contributed by atoms with Crippen LogP contribution < -0.4 is 9.47 Å². The molecular formula is C17H17NO4S. The van der Waals surface area contributed by atoms with E-state index in [0.717, 1.165) is 12.0 Å². The van der Waals surface area contributed by atoms with E-state index in [1.807, 2.05) is 30.3 Å². The maximum Gasteiger partial charge on any atom is 0.243 e. The van der Waals surface area contributed by atoms with Gasteiger partial charge in [0.15, 0.2) is 11.5 Å². The highest BCUT2D eigenvalue weighted by Crippen LogP contribution is 2.40. The van der Waals surface area contributed by atoms with Crippen LogP contribution in [-0.4, -0.2) is 32.5 Å². The average Bonchev–Trinajstić information content (AvgIpc) is 2.54. The Kier molecular flexibility index (Phi) is 3.50. The normalized spacial score (nSPS) is 20.8. The molecule has 2 aliphatic heterocycles. The predicted molar refractivity (Wildman–Crippen MR) is 85.1 cm³/mol. The van der Waals surface area contributed by atoms with Crippen molar-refractivity contribution in [3.63, 3.8) is 0 Å². The molecular weight excluding hydrogens is 314 g/mol. The minimum absolute atomic E-state index is 0.0885. The zero-order valence-corrected chi connectivity index (χ0v) is 13.3. The summed E-state index contributed by atoms with van der Waals surface area (Å²) in [4.78, 5) is 0.252. The molecule has 2 aliphatic rings. The second-order valence-electron chi connectivity index (χ2n) is 5.64. The summed E-state index contributed by atoms with van der Waals surface area (Å²) in [6.07, 6.45) is 0.841. The number of rotatable bonds is 3. The summed E-state index contributed by atoms with van der Waals surface area (Å²) < 4.78 is 38.3. The third-order valence-corrected chi connectivity index (χ3v) is 6.18. The summed E-state index contributed by atoms with van der Waals surface area (Å²) in [6, 6.07) is 14.5. The zero-order chi connectivity index (χ0) is 15.9. The van der Waals surface area contributed by atoms with Gasteiger partial charge in [0, 0.05) is 12.6 Å². The van der Waals surface area contributed by atoms with Crippen LogP contribution in [-0.2, 0) is 10.0 Å². The van der Waals surface area contributed by atoms with E-state index in [4.69, 9.17) is 9.47 Å². The molecule has 0 radical (unpaired) electrons. The number of hydrogen-bond donors (Lipinski definition) is 0. The summed E-state index contributed by atoms with van der Waals surface area (Å²) in [5.74, 6) is 1.09. The Balaban J connectivity index is 1.65. The van der Waals surface area contributed by atoms with Gasteiger partial charge in [0.05, 0.1) is 10.9 Å². The van der Waals surface area contributed by atoms with E-state index in [1.165, 1.54) is 0 Å². The van der Waals surface area contributed by atoms with Crippen molar-refractivity contribution in [3.05, 3.63) is 54.1 Å². The van der Waals surface area contributed by atoms with Gasteiger partial charge in [-0.3, -0.25) is 0 Å². The van der Waals surface area contributed by atoms with E-state index in [9.17, 15) is 8.42 Å². The highest BCUT2D eigenvalue weighted by Gasteiger charge is 2.39. The Hall–Kier alpha value is -2.05. The molecule has 4 rings (SSSR count). The Bertz CT molecular complexity index is 820. The molecule has 0 spiro atoms. The van der Waals surface area contributed by atoms with E-state index in [-0.39, 0.29) is 10.9 Å². The number of hydrogen-bond acceptors (Lipinski definition) is 4. The molecule has 1 saturated heterocycles. The molecule has 6 heteroatoms. The van der Waals surface area contributed by atoms with E-state index >= 15 is 0 Å². The molecule has 0 aromatic heterocycles. The summed E-state index contributed by atoms with van der Waals surface area (Å²) in [5.41, 5.74) is 1.03. The van der Waals surface area contributed by atoms with Crippen LogP contribution in [0.4, 0.5) is 0 Å². The van der Waals surface area contributed by atoms with Crippen LogP contribution in [0, 0.1) is 0 Å². The molecule has 0 aliphatic carbocycles. The predicted octanol–water partition coefficient (Wildman–Crippen LogP) is 2.59. The molecule has 2 aromatic carbocycles. The van der Waals surface area contributed by atoms with Gasteiger partial charge >= 0.3 is 0 Å². The fraction of sp³-hybridized carbons (Fsp3) is 0.294. The monoisotopic (exact) mass is 331 g/mol. The fourth-order valence-corrected chi connectivity index (χ4v) is 4.65. The van der Waals surface area contributed by atoms with Gasteiger partial charge in [-0.1, -0.05) is 30.3 Å². The first-order valence-electron chi connectivity index (χ1n) is 7.63. The Morgan fingerprint density at radius 2 is 1.70 bits per heavy atom.